The molecule has 5 nitrogen and oxygen atoms in total. The van der Waals surface area contributed by atoms with Crippen molar-refractivity contribution in [2.75, 3.05) is 26.2 Å². The maximum atomic E-state index is 13.5. The summed E-state index contributed by atoms with van der Waals surface area (Å²) < 4.78 is 19.3. The summed E-state index contributed by atoms with van der Waals surface area (Å²) in [4.78, 5) is 9.57. The van der Waals surface area contributed by atoms with Crippen LogP contribution in [0.3, 0.4) is 0 Å². The second-order valence-corrected chi connectivity index (χ2v) is 6.56. The van der Waals surface area contributed by atoms with E-state index >= 15 is 0 Å². The van der Waals surface area contributed by atoms with E-state index in [1.165, 1.54) is 18.3 Å². The first-order valence-corrected chi connectivity index (χ1v) is 9.60. The van der Waals surface area contributed by atoms with Crippen LogP contribution in [0.4, 0.5) is 10.1 Å². The number of aromatic nitrogens is 1. The number of halogens is 1. The largest absolute Gasteiger partial charge is 0.494 e. The molecule has 0 saturated heterocycles. The van der Waals surface area contributed by atoms with Crippen molar-refractivity contribution in [1.29, 1.82) is 0 Å². The monoisotopic (exact) mass is 383 g/mol. The molecule has 148 valence electrons. The summed E-state index contributed by atoms with van der Waals surface area (Å²) in [6.45, 7) is 8.15. The average molecular weight is 383 g/mol. The highest BCUT2D eigenvalue weighted by Gasteiger charge is 2.09. The number of rotatable bonds is 9. The molecule has 0 aliphatic heterocycles. The Hall–Kier alpha value is -2.86. The number of aromatic hydroxyl groups is 1. The highest BCUT2D eigenvalue weighted by Crippen LogP contribution is 2.27. The number of fused-ring (bicyclic) bond motifs is 1. The molecule has 0 aliphatic carbocycles. The minimum atomic E-state index is -0.358. The van der Waals surface area contributed by atoms with E-state index in [1.54, 1.807) is 6.07 Å². The van der Waals surface area contributed by atoms with Crippen molar-refractivity contribution in [2.45, 2.75) is 20.3 Å². The van der Waals surface area contributed by atoms with Crippen LogP contribution in [-0.2, 0) is 0 Å². The van der Waals surface area contributed by atoms with Gasteiger partial charge >= 0.3 is 0 Å². The lowest BCUT2D eigenvalue weighted by atomic mass is 10.2. The van der Waals surface area contributed by atoms with Gasteiger partial charge in [0.25, 0.3) is 0 Å². The van der Waals surface area contributed by atoms with Crippen LogP contribution in [0.25, 0.3) is 10.9 Å². The number of nitrogens with one attached hydrogen (secondary N) is 1. The number of H-pyrrole nitrogens is 1. The highest BCUT2D eigenvalue weighted by atomic mass is 19.1. The van der Waals surface area contributed by atoms with Crippen LogP contribution < -0.4 is 4.74 Å². The molecule has 2 N–H and O–H groups in total. The van der Waals surface area contributed by atoms with E-state index in [0.29, 0.717) is 23.1 Å². The summed E-state index contributed by atoms with van der Waals surface area (Å²) in [6.07, 6.45) is 2.52. The van der Waals surface area contributed by atoms with Crippen molar-refractivity contribution in [1.82, 2.24) is 9.88 Å². The van der Waals surface area contributed by atoms with E-state index in [2.05, 4.69) is 28.7 Å². The minimum absolute atomic E-state index is 0.0301. The summed E-state index contributed by atoms with van der Waals surface area (Å²) in [7, 11) is 0. The van der Waals surface area contributed by atoms with Gasteiger partial charge in [-0.15, -0.1) is 0 Å². The van der Waals surface area contributed by atoms with Gasteiger partial charge in [0.2, 0.25) is 0 Å². The molecule has 3 rings (SSSR count). The smallest absolute Gasteiger partial charge is 0.198 e. The normalized spacial score (nSPS) is 11.7. The third-order valence-electron chi connectivity index (χ3n) is 4.74. The molecular weight excluding hydrogens is 357 g/mol. The number of nitrogens with zero attached hydrogens (tertiary/aromatic N) is 2. The molecule has 3 aromatic rings. The Balaban J connectivity index is 1.60. The summed E-state index contributed by atoms with van der Waals surface area (Å²) in [5.74, 6) is 0.414. The number of ether oxygens (including phenoxy) is 1. The van der Waals surface area contributed by atoms with E-state index in [9.17, 15) is 9.50 Å². The van der Waals surface area contributed by atoms with Crippen LogP contribution in [-0.4, -0.2) is 47.4 Å². The topological polar surface area (TPSA) is 60.9 Å². The number of benzene rings is 2. The Morgan fingerprint density at radius 1 is 1.14 bits per heavy atom. The van der Waals surface area contributed by atoms with Crippen LogP contribution in [0.1, 0.15) is 25.8 Å². The molecule has 1 heterocycles. The van der Waals surface area contributed by atoms with Crippen LogP contribution in [0.15, 0.2) is 47.5 Å². The van der Waals surface area contributed by atoms with Gasteiger partial charge in [0.05, 0.1) is 17.9 Å². The van der Waals surface area contributed by atoms with E-state index in [4.69, 9.17) is 4.74 Å². The number of hydrogen-bond acceptors (Lipinski definition) is 4. The quantitative estimate of drug-likeness (QED) is 0.409. The third kappa shape index (κ3) is 4.89. The van der Waals surface area contributed by atoms with Gasteiger partial charge < -0.3 is 19.7 Å². The van der Waals surface area contributed by atoms with Gasteiger partial charge in [-0.25, -0.2) is 4.39 Å². The average Bonchev–Trinajstić information content (AvgIpc) is 3.02. The summed E-state index contributed by atoms with van der Waals surface area (Å²) >= 11 is 0. The molecule has 0 atom stereocenters. The van der Waals surface area contributed by atoms with Gasteiger partial charge in [-0.1, -0.05) is 13.8 Å². The molecular formula is C22H26FN3O2. The molecule has 0 saturated carbocycles. The highest BCUT2D eigenvalue weighted by molar-refractivity contribution is 6.02. The fraction of sp³-hybridized carbons (Fsp3) is 0.318. The molecule has 1 aromatic heterocycles. The van der Waals surface area contributed by atoms with E-state index < -0.39 is 0 Å². The van der Waals surface area contributed by atoms with Gasteiger partial charge in [0, 0.05) is 23.7 Å². The van der Waals surface area contributed by atoms with Crippen LogP contribution in [0.5, 0.6) is 11.6 Å². The Labute approximate surface area is 164 Å². The molecule has 0 fully saturated rings. The maximum absolute atomic E-state index is 13.5. The van der Waals surface area contributed by atoms with E-state index in [0.717, 1.165) is 37.5 Å². The van der Waals surface area contributed by atoms with Gasteiger partial charge in [-0.3, -0.25) is 4.99 Å². The molecule has 0 spiro atoms. The second-order valence-electron chi connectivity index (χ2n) is 6.56. The lowest BCUT2D eigenvalue weighted by Crippen LogP contribution is -2.25. The molecule has 28 heavy (non-hydrogen) atoms. The molecule has 0 aliphatic rings. The van der Waals surface area contributed by atoms with Crippen molar-refractivity contribution < 1.29 is 14.2 Å². The lowest BCUT2D eigenvalue weighted by Gasteiger charge is -2.17. The summed E-state index contributed by atoms with van der Waals surface area (Å²) in [6, 6.07) is 11.8. The molecule has 0 unspecified atom stereocenters. The van der Waals surface area contributed by atoms with E-state index in [-0.39, 0.29) is 11.7 Å². The predicted molar refractivity (Wildman–Crippen MR) is 112 cm³/mol. The zero-order chi connectivity index (χ0) is 19.9. The maximum Gasteiger partial charge on any atom is 0.198 e. The first-order valence-electron chi connectivity index (χ1n) is 9.60. The fourth-order valence-electron chi connectivity index (χ4n) is 3.09. The Morgan fingerprint density at radius 2 is 1.89 bits per heavy atom. The molecule has 6 heteroatoms. The Kier molecular flexibility index (Phi) is 6.66. The van der Waals surface area contributed by atoms with Gasteiger partial charge in [0.15, 0.2) is 5.88 Å². The molecule has 0 radical (unpaired) electrons. The van der Waals surface area contributed by atoms with Crippen molar-refractivity contribution in [3.05, 3.63) is 53.8 Å². The van der Waals surface area contributed by atoms with Crippen molar-refractivity contribution in [2.24, 2.45) is 4.99 Å². The first kappa shape index (κ1) is 19.9. The van der Waals surface area contributed by atoms with Crippen molar-refractivity contribution >= 4 is 22.8 Å². The first-order chi connectivity index (χ1) is 13.6. The summed E-state index contributed by atoms with van der Waals surface area (Å²) in [5, 5.41) is 10.6. The van der Waals surface area contributed by atoms with Gasteiger partial charge in [-0.2, -0.15) is 0 Å². The number of aliphatic imine (C=N–C) groups is 1. The fourth-order valence-corrected chi connectivity index (χ4v) is 3.09. The van der Waals surface area contributed by atoms with Crippen LogP contribution >= 0.6 is 0 Å². The zero-order valence-electron chi connectivity index (χ0n) is 16.3. The standard InChI is InChI=1S/C22H26FN3O2/c1-3-26(4-2)12-5-13-28-18-9-7-17(8-10-18)24-15-20-19-14-16(23)6-11-21(19)25-22(20)27/h6-11,14-15,25,27H,3-5,12-13H2,1-2H3. The van der Waals surface area contributed by atoms with Crippen molar-refractivity contribution in [3.63, 3.8) is 0 Å². The Bertz CT molecular complexity index is 931. The predicted octanol–water partition coefficient (Wildman–Crippen LogP) is 4.87. The molecule has 2 aromatic carbocycles. The minimum Gasteiger partial charge on any atom is -0.494 e. The molecule has 0 amide bonds. The van der Waals surface area contributed by atoms with Gasteiger partial charge in [0.1, 0.15) is 11.6 Å². The lowest BCUT2D eigenvalue weighted by molar-refractivity contribution is 0.249. The third-order valence-corrected chi connectivity index (χ3v) is 4.74. The summed E-state index contributed by atoms with van der Waals surface area (Å²) in [5.41, 5.74) is 1.85. The van der Waals surface area contributed by atoms with Gasteiger partial charge in [-0.05, 0) is 62.0 Å². The second kappa shape index (κ2) is 9.37. The number of aromatic amines is 1. The van der Waals surface area contributed by atoms with Crippen molar-refractivity contribution in [3.8, 4) is 11.6 Å². The number of hydrogen-bond donors (Lipinski definition) is 2. The van der Waals surface area contributed by atoms with Crippen LogP contribution in [0.2, 0.25) is 0 Å². The van der Waals surface area contributed by atoms with E-state index in [1.807, 2.05) is 24.3 Å². The molecule has 0 bridgehead atoms. The zero-order valence-corrected chi connectivity index (χ0v) is 16.3. The van der Waals surface area contributed by atoms with Crippen LogP contribution in [0, 0.1) is 5.82 Å². The Morgan fingerprint density at radius 3 is 2.61 bits per heavy atom. The SMILES string of the molecule is CCN(CC)CCCOc1ccc(N=Cc2c(O)[nH]c3ccc(F)cc23)cc1.